The van der Waals surface area contributed by atoms with Crippen molar-refractivity contribution in [1.29, 1.82) is 0 Å². The van der Waals surface area contributed by atoms with Crippen molar-refractivity contribution in [3.05, 3.63) is 29.8 Å². The molecule has 3 rings (SSSR count). The summed E-state index contributed by atoms with van der Waals surface area (Å²) in [6, 6.07) is 7.65. The Morgan fingerprint density at radius 1 is 1.05 bits per heavy atom. The average molecular weight is 272 g/mol. The van der Waals surface area contributed by atoms with Gasteiger partial charge in [0, 0.05) is 37.3 Å². The maximum Gasteiger partial charge on any atom is 0.242 e. The monoisotopic (exact) mass is 272 g/mol. The first-order valence-electron chi connectivity index (χ1n) is 7.40. The number of Topliss-reactive ketones (excluding diaryl/α,β-unsaturated/α-hetero) is 1. The fraction of sp³-hybridized carbons (Fsp3) is 0.500. The van der Waals surface area contributed by atoms with Crippen molar-refractivity contribution in [3.8, 4) is 0 Å². The zero-order chi connectivity index (χ0) is 13.9. The van der Waals surface area contributed by atoms with Crippen LogP contribution in [0.25, 0.3) is 0 Å². The summed E-state index contributed by atoms with van der Waals surface area (Å²) in [5.41, 5.74) is 1.68. The van der Waals surface area contributed by atoms with Gasteiger partial charge in [-0.3, -0.25) is 9.59 Å². The van der Waals surface area contributed by atoms with E-state index in [1.165, 1.54) is 0 Å². The lowest BCUT2D eigenvalue weighted by atomic mass is 10.1. The second-order valence-corrected chi connectivity index (χ2v) is 5.55. The Morgan fingerprint density at radius 2 is 1.80 bits per heavy atom. The Balaban J connectivity index is 1.80. The van der Waals surface area contributed by atoms with Crippen LogP contribution in [0.5, 0.6) is 0 Å². The van der Waals surface area contributed by atoms with E-state index < -0.39 is 0 Å². The summed E-state index contributed by atoms with van der Waals surface area (Å²) < 4.78 is 0. The van der Waals surface area contributed by atoms with Crippen LogP contribution in [0.1, 0.15) is 36.0 Å². The van der Waals surface area contributed by atoms with Crippen molar-refractivity contribution in [2.24, 2.45) is 0 Å². The van der Waals surface area contributed by atoms with Crippen LogP contribution in [0, 0.1) is 0 Å². The van der Waals surface area contributed by atoms with Crippen molar-refractivity contribution in [2.75, 3.05) is 31.1 Å². The Bertz CT molecular complexity index is 521. The van der Waals surface area contributed by atoms with E-state index in [1.807, 2.05) is 29.2 Å². The molecular weight excluding hydrogens is 252 g/mol. The van der Waals surface area contributed by atoms with Crippen molar-refractivity contribution < 1.29 is 9.59 Å². The minimum absolute atomic E-state index is 0.187. The summed E-state index contributed by atoms with van der Waals surface area (Å²) in [5.74, 6) is 0.378. The van der Waals surface area contributed by atoms with E-state index in [0.717, 1.165) is 50.1 Å². The molecule has 4 nitrogen and oxygen atoms in total. The number of hydrogen-bond acceptors (Lipinski definition) is 3. The third-order valence-corrected chi connectivity index (χ3v) is 4.16. The smallest absolute Gasteiger partial charge is 0.242 e. The number of para-hydroxylation sites is 1. The van der Waals surface area contributed by atoms with Crippen molar-refractivity contribution in [2.45, 2.75) is 25.7 Å². The van der Waals surface area contributed by atoms with Gasteiger partial charge in [0.15, 0.2) is 5.78 Å². The second kappa shape index (κ2) is 5.65. The third-order valence-electron chi connectivity index (χ3n) is 4.16. The fourth-order valence-corrected chi connectivity index (χ4v) is 3.06. The molecular formula is C16H20N2O2. The topological polar surface area (TPSA) is 40.6 Å². The van der Waals surface area contributed by atoms with Crippen LogP contribution in [0.2, 0.25) is 0 Å². The van der Waals surface area contributed by atoms with Crippen LogP contribution in [-0.4, -0.2) is 42.8 Å². The number of nitrogens with zero attached hydrogens (tertiary/aromatic N) is 2. The molecule has 0 spiro atoms. The van der Waals surface area contributed by atoms with Gasteiger partial charge < -0.3 is 9.80 Å². The van der Waals surface area contributed by atoms with Crippen molar-refractivity contribution in [1.82, 2.24) is 4.90 Å². The molecule has 0 aromatic heterocycles. The number of amides is 1. The van der Waals surface area contributed by atoms with Crippen LogP contribution in [0.15, 0.2) is 24.3 Å². The molecule has 1 fully saturated rings. The first-order valence-corrected chi connectivity index (χ1v) is 7.40. The highest BCUT2D eigenvalue weighted by atomic mass is 16.2. The molecule has 0 unspecified atom stereocenters. The molecule has 2 heterocycles. The quantitative estimate of drug-likeness (QED) is 0.827. The summed E-state index contributed by atoms with van der Waals surface area (Å²) in [6.45, 7) is 2.94. The molecule has 0 saturated carbocycles. The number of rotatable bonds is 2. The van der Waals surface area contributed by atoms with Gasteiger partial charge in [0.05, 0.1) is 6.54 Å². The number of benzene rings is 1. The number of anilines is 1. The van der Waals surface area contributed by atoms with E-state index in [4.69, 9.17) is 0 Å². The van der Waals surface area contributed by atoms with E-state index in [1.54, 1.807) is 0 Å². The lowest BCUT2D eigenvalue weighted by molar-refractivity contribution is -0.128. The van der Waals surface area contributed by atoms with Crippen LogP contribution >= 0.6 is 0 Å². The van der Waals surface area contributed by atoms with Gasteiger partial charge in [0.2, 0.25) is 5.91 Å². The third kappa shape index (κ3) is 2.55. The highest BCUT2D eigenvalue weighted by Gasteiger charge is 2.25. The van der Waals surface area contributed by atoms with Gasteiger partial charge in [-0.05, 0) is 31.4 Å². The second-order valence-electron chi connectivity index (χ2n) is 5.55. The predicted octanol–water partition coefficient (Wildman–Crippen LogP) is 2.09. The zero-order valence-corrected chi connectivity index (χ0v) is 11.7. The van der Waals surface area contributed by atoms with Gasteiger partial charge >= 0.3 is 0 Å². The number of carbonyl (C=O) groups excluding carboxylic acids is 2. The summed E-state index contributed by atoms with van der Waals surface area (Å²) >= 11 is 0. The van der Waals surface area contributed by atoms with E-state index in [9.17, 15) is 9.59 Å². The highest BCUT2D eigenvalue weighted by Crippen LogP contribution is 2.26. The predicted molar refractivity (Wildman–Crippen MR) is 78.0 cm³/mol. The lowest BCUT2D eigenvalue weighted by Gasteiger charge is -2.26. The molecule has 1 aromatic carbocycles. The molecule has 0 atom stereocenters. The van der Waals surface area contributed by atoms with Gasteiger partial charge in [-0.2, -0.15) is 0 Å². The van der Waals surface area contributed by atoms with Gasteiger partial charge in [-0.25, -0.2) is 0 Å². The number of ketones is 1. The van der Waals surface area contributed by atoms with Crippen LogP contribution in [0.4, 0.5) is 5.69 Å². The summed E-state index contributed by atoms with van der Waals surface area (Å²) in [4.78, 5) is 28.4. The Morgan fingerprint density at radius 3 is 2.60 bits per heavy atom. The van der Waals surface area contributed by atoms with E-state index in [0.29, 0.717) is 13.0 Å². The number of likely N-dealkylation sites (tertiary alicyclic amines) is 1. The molecule has 4 heteroatoms. The molecule has 0 bridgehead atoms. The summed E-state index contributed by atoms with van der Waals surface area (Å²) in [6.07, 6.45) is 3.62. The molecule has 0 aliphatic carbocycles. The first kappa shape index (κ1) is 13.2. The lowest BCUT2D eigenvalue weighted by Crippen LogP contribution is -2.39. The van der Waals surface area contributed by atoms with Gasteiger partial charge in [0.1, 0.15) is 0 Å². The van der Waals surface area contributed by atoms with E-state index >= 15 is 0 Å². The maximum absolute atomic E-state index is 12.3. The Hall–Kier alpha value is -1.84. The van der Waals surface area contributed by atoms with Crippen molar-refractivity contribution >= 4 is 17.4 Å². The zero-order valence-electron chi connectivity index (χ0n) is 11.7. The van der Waals surface area contributed by atoms with E-state index in [-0.39, 0.29) is 11.7 Å². The Kier molecular flexibility index (Phi) is 3.72. The maximum atomic E-state index is 12.3. The summed E-state index contributed by atoms with van der Waals surface area (Å²) in [7, 11) is 0. The molecule has 20 heavy (non-hydrogen) atoms. The standard InChI is InChI=1S/C16H20N2O2/c19-15-8-5-11-18(14-7-2-1-6-13(14)15)12-16(20)17-9-3-4-10-17/h1-2,6-7H,3-5,8-12H2. The van der Waals surface area contributed by atoms with Crippen LogP contribution in [0.3, 0.4) is 0 Å². The number of carbonyl (C=O) groups is 2. The molecule has 0 N–H and O–H groups in total. The molecule has 1 amide bonds. The molecule has 2 aliphatic rings. The normalized spacial score (nSPS) is 18.9. The molecule has 2 aliphatic heterocycles. The minimum Gasteiger partial charge on any atom is -0.362 e. The molecule has 1 aromatic rings. The SMILES string of the molecule is O=C1CCCN(CC(=O)N2CCCC2)c2ccccc21. The van der Waals surface area contributed by atoms with Gasteiger partial charge in [-0.1, -0.05) is 12.1 Å². The first-order chi connectivity index (χ1) is 9.75. The molecule has 1 saturated heterocycles. The van der Waals surface area contributed by atoms with Crippen molar-refractivity contribution in [3.63, 3.8) is 0 Å². The van der Waals surface area contributed by atoms with Gasteiger partial charge in [-0.15, -0.1) is 0 Å². The van der Waals surface area contributed by atoms with E-state index in [2.05, 4.69) is 4.90 Å². The average Bonchev–Trinajstić information content (AvgIpc) is 2.95. The van der Waals surface area contributed by atoms with Crippen LogP contribution < -0.4 is 4.90 Å². The largest absolute Gasteiger partial charge is 0.362 e. The molecule has 0 radical (unpaired) electrons. The number of fused-ring (bicyclic) bond motifs is 1. The van der Waals surface area contributed by atoms with Gasteiger partial charge in [0.25, 0.3) is 0 Å². The highest BCUT2D eigenvalue weighted by molar-refractivity contribution is 6.02. The Labute approximate surface area is 119 Å². The fourth-order valence-electron chi connectivity index (χ4n) is 3.06. The summed E-state index contributed by atoms with van der Waals surface area (Å²) in [5, 5.41) is 0. The minimum atomic E-state index is 0.187. The molecule has 106 valence electrons. The van der Waals surface area contributed by atoms with Crippen LogP contribution in [-0.2, 0) is 4.79 Å². The number of hydrogen-bond donors (Lipinski definition) is 0.